The van der Waals surface area contributed by atoms with Crippen LogP contribution < -0.4 is 5.73 Å². The largest absolute Gasteiger partial charge is 0.340 e. The quantitative estimate of drug-likeness (QED) is 0.855. The first-order valence-electron chi connectivity index (χ1n) is 4.15. The topological polar surface area (TPSA) is 43.8 Å². The van der Waals surface area contributed by atoms with E-state index in [9.17, 15) is 0 Å². The molecule has 0 fully saturated rings. The summed E-state index contributed by atoms with van der Waals surface area (Å²) in [5.74, 6) is 0. The molecule has 0 aliphatic carbocycles. The third-order valence-electron chi connectivity index (χ3n) is 1.97. The van der Waals surface area contributed by atoms with E-state index in [0.717, 1.165) is 10.6 Å². The molecule has 2 heterocycles. The summed E-state index contributed by atoms with van der Waals surface area (Å²) in [4.78, 5) is 5.16. The maximum atomic E-state index is 6.03. The number of aromatic nitrogens is 2. The number of imidazole rings is 1. The van der Waals surface area contributed by atoms with Gasteiger partial charge in [-0.1, -0.05) is 11.6 Å². The summed E-state index contributed by atoms with van der Waals surface area (Å²) in [6.45, 7) is 0. The monoisotopic (exact) mass is 227 g/mol. The highest BCUT2D eigenvalue weighted by Gasteiger charge is 2.15. The first-order valence-corrected chi connectivity index (χ1v) is 5.40. The van der Waals surface area contributed by atoms with Crippen LogP contribution >= 0.6 is 22.9 Å². The summed E-state index contributed by atoms with van der Waals surface area (Å²) in [6.07, 6.45) is 3.64. The fourth-order valence-corrected chi connectivity index (χ4v) is 2.44. The van der Waals surface area contributed by atoms with Crippen molar-refractivity contribution >= 4 is 22.9 Å². The molecule has 2 aromatic heterocycles. The molecule has 0 saturated carbocycles. The molecular weight excluding hydrogens is 218 g/mol. The standard InChI is InChI=1S/C9H10ClN3S/c1-13-4-7(12-5-13)8(11)9-6(10)2-3-14-9/h2-5,8H,11H2,1H3. The number of nitrogens with zero attached hydrogens (tertiary/aromatic N) is 2. The fraction of sp³-hybridized carbons (Fsp3) is 0.222. The minimum absolute atomic E-state index is 0.219. The molecule has 2 N–H and O–H groups in total. The Hall–Kier alpha value is -0.840. The van der Waals surface area contributed by atoms with E-state index in [2.05, 4.69) is 4.98 Å². The summed E-state index contributed by atoms with van der Waals surface area (Å²) in [5, 5.41) is 2.65. The average molecular weight is 228 g/mol. The molecule has 1 unspecified atom stereocenters. The molecule has 74 valence electrons. The van der Waals surface area contributed by atoms with E-state index in [-0.39, 0.29) is 6.04 Å². The Kier molecular flexibility index (Phi) is 2.58. The van der Waals surface area contributed by atoms with Gasteiger partial charge in [-0.3, -0.25) is 0 Å². The molecule has 2 rings (SSSR count). The van der Waals surface area contributed by atoms with Gasteiger partial charge in [0.15, 0.2) is 0 Å². The van der Waals surface area contributed by atoms with E-state index in [1.54, 1.807) is 17.7 Å². The maximum Gasteiger partial charge on any atom is 0.0947 e. The molecule has 0 bridgehead atoms. The number of thiophene rings is 1. The van der Waals surface area contributed by atoms with Crippen molar-refractivity contribution in [3.63, 3.8) is 0 Å². The number of hydrogen-bond acceptors (Lipinski definition) is 3. The van der Waals surface area contributed by atoms with Gasteiger partial charge in [0.05, 0.1) is 23.1 Å². The smallest absolute Gasteiger partial charge is 0.0947 e. The van der Waals surface area contributed by atoms with Gasteiger partial charge in [0.1, 0.15) is 0 Å². The lowest BCUT2D eigenvalue weighted by molar-refractivity contribution is 0.853. The molecule has 3 nitrogen and oxygen atoms in total. The zero-order chi connectivity index (χ0) is 10.1. The van der Waals surface area contributed by atoms with Crippen LogP contribution in [-0.2, 0) is 7.05 Å². The molecule has 1 atom stereocenters. The van der Waals surface area contributed by atoms with Crippen LogP contribution in [0.15, 0.2) is 24.0 Å². The number of nitrogens with two attached hydrogens (primary N) is 1. The van der Waals surface area contributed by atoms with Gasteiger partial charge in [0.25, 0.3) is 0 Å². The van der Waals surface area contributed by atoms with Gasteiger partial charge in [0.2, 0.25) is 0 Å². The first-order chi connectivity index (χ1) is 6.68. The Morgan fingerprint density at radius 1 is 1.64 bits per heavy atom. The van der Waals surface area contributed by atoms with E-state index in [4.69, 9.17) is 17.3 Å². The number of hydrogen-bond donors (Lipinski definition) is 1. The Morgan fingerprint density at radius 2 is 2.43 bits per heavy atom. The lowest BCUT2D eigenvalue weighted by Crippen LogP contribution is -2.10. The van der Waals surface area contributed by atoms with Crippen LogP contribution in [0.5, 0.6) is 0 Å². The van der Waals surface area contributed by atoms with Crippen molar-refractivity contribution in [1.29, 1.82) is 0 Å². The lowest BCUT2D eigenvalue weighted by atomic mass is 10.2. The van der Waals surface area contributed by atoms with Crippen LogP contribution in [0.3, 0.4) is 0 Å². The van der Waals surface area contributed by atoms with Crippen molar-refractivity contribution in [2.24, 2.45) is 12.8 Å². The zero-order valence-electron chi connectivity index (χ0n) is 7.64. The van der Waals surface area contributed by atoms with Gasteiger partial charge >= 0.3 is 0 Å². The molecule has 0 aromatic carbocycles. The third kappa shape index (κ3) is 1.68. The summed E-state index contributed by atoms with van der Waals surface area (Å²) in [6, 6.07) is 1.63. The van der Waals surface area contributed by atoms with Crippen LogP contribution in [-0.4, -0.2) is 9.55 Å². The highest BCUT2D eigenvalue weighted by Crippen LogP contribution is 2.30. The van der Waals surface area contributed by atoms with E-state index in [0.29, 0.717) is 5.02 Å². The van der Waals surface area contributed by atoms with Crippen molar-refractivity contribution in [2.45, 2.75) is 6.04 Å². The summed E-state index contributed by atoms with van der Waals surface area (Å²) in [5.41, 5.74) is 6.87. The lowest BCUT2D eigenvalue weighted by Gasteiger charge is -2.06. The van der Waals surface area contributed by atoms with Gasteiger partial charge in [-0.2, -0.15) is 0 Å². The van der Waals surface area contributed by atoms with Crippen LogP contribution in [0.4, 0.5) is 0 Å². The van der Waals surface area contributed by atoms with Gasteiger partial charge in [-0.25, -0.2) is 4.98 Å². The molecular formula is C9H10ClN3S. The van der Waals surface area contributed by atoms with Crippen LogP contribution in [0.2, 0.25) is 5.02 Å². The molecule has 14 heavy (non-hydrogen) atoms. The van der Waals surface area contributed by atoms with Crippen molar-refractivity contribution in [2.75, 3.05) is 0 Å². The summed E-state index contributed by atoms with van der Waals surface area (Å²) in [7, 11) is 1.92. The van der Waals surface area contributed by atoms with E-state index in [1.165, 1.54) is 0 Å². The average Bonchev–Trinajstić information content (AvgIpc) is 2.73. The maximum absolute atomic E-state index is 6.03. The second-order valence-electron chi connectivity index (χ2n) is 3.07. The molecule has 2 aromatic rings. The Labute approximate surface area is 91.1 Å². The normalized spacial score (nSPS) is 13.1. The van der Waals surface area contributed by atoms with E-state index in [1.807, 2.05) is 29.3 Å². The van der Waals surface area contributed by atoms with Gasteiger partial charge in [-0.05, 0) is 11.4 Å². The molecule has 0 radical (unpaired) electrons. The fourth-order valence-electron chi connectivity index (χ4n) is 1.26. The molecule has 0 aliphatic heterocycles. The predicted molar refractivity (Wildman–Crippen MR) is 58.6 cm³/mol. The number of aryl methyl sites for hydroxylation is 1. The minimum Gasteiger partial charge on any atom is -0.340 e. The van der Waals surface area contributed by atoms with Crippen LogP contribution in [0.25, 0.3) is 0 Å². The SMILES string of the molecule is Cn1cnc(C(N)c2sccc2Cl)c1. The third-order valence-corrected chi connectivity index (χ3v) is 3.41. The summed E-state index contributed by atoms with van der Waals surface area (Å²) < 4.78 is 1.87. The number of rotatable bonds is 2. The Balaban J connectivity index is 2.33. The minimum atomic E-state index is -0.219. The van der Waals surface area contributed by atoms with Crippen molar-refractivity contribution < 1.29 is 0 Å². The highest BCUT2D eigenvalue weighted by atomic mass is 35.5. The van der Waals surface area contributed by atoms with Gasteiger partial charge < -0.3 is 10.3 Å². The summed E-state index contributed by atoms with van der Waals surface area (Å²) >= 11 is 7.54. The zero-order valence-corrected chi connectivity index (χ0v) is 9.22. The molecule has 0 saturated heterocycles. The van der Waals surface area contributed by atoms with Crippen molar-refractivity contribution in [1.82, 2.24) is 9.55 Å². The van der Waals surface area contributed by atoms with E-state index >= 15 is 0 Å². The Morgan fingerprint density at radius 3 is 2.93 bits per heavy atom. The first kappa shape index (κ1) is 9.71. The second kappa shape index (κ2) is 3.73. The van der Waals surface area contributed by atoms with Crippen molar-refractivity contribution in [3.8, 4) is 0 Å². The molecule has 0 spiro atoms. The van der Waals surface area contributed by atoms with E-state index < -0.39 is 0 Å². The molecule has 0 aliphatic rings. The molecule has 5 heteroatoms. The van der Waals surface area contributed by atoms with Crippen molar-refractivity contribution in [3.05, 3.63) is 39.6 Å². The highest BCUT2D eigenvalue weighted by molar-refractivity contribution is 7.10. The second-order valence-corrected chi connectivity index (χ2v) is 4.43. The Bertz CT molecular complexity index is 435. The predicted octanol–water partition coefficient (Wildman–Crippen LogP) is 2.18. The van der Waals surface area contributed by atoms with Gasteiger partial charge in [0, 0.05) is 18.1 Å². The number of halogens is 1. The van der Waals surface area contributed by atoms with Crippen LogP contribution in [0, 0.1) is 0 Å². The van der Waals surface area contributed by atoms with Crippen LogP contribution in [0.1, 0.15) is 16.6 Å². The van der Waals surface area contributed by atoms with Gasteiger partial charge in [-0.15, -0.1) is 11.3 Å². The molecule has 0 amide bonds.